The van der Waals surface area contributed by atoms with Crippen molar-refractivity contribution >= 4 is 15.9 Å². The fourth-order valence-electron chi connectivity index (χ4n) is 2.17. The first kappa shape index (κ1) is 11.0. The minimum atomic E-state index is -3.19. The summed E-state index contributed by atoms with van der Waals surface area (Å²) in [7, 11) is -3.19. The summed E-state index contributed by atoms with van der Waals surface area (Å²) in [5, 5.41) is 4.51. The lowest BCUT2D eigenvalue weighted by molar-refractivity contribution is 0.0276. The van der Waals surface area contributed by atoms with Crippen molar-refractivity contribution in [2.24, 2.45) is 0 Å². The van der Waals surface area contributed by atoms with Crippen LogP contribution in [0.25, 0.3) is 6.08 Å². The first-order chi connectivity index (χ1) is 8.17. The third kappa shape index (κ3) is 1.90. The lowest BCUT2D eigenvalue weighted by atomic mass is 10.1. The lowest BCUT2D eigenvalue weighted by Gasteiger charge is -2.24. The van der Waals surface area contributed by atoms with Crippen molar-refractivity contribution in [2.75, 3.05) is 19.7 Å². The van der Waals surface area contributed by atoms with E-state index in [1.54, 1.807) is 12.1 Å². The summed E-state index contributed by atoms with van der Waals surface area (Å²) in [4.78, 5) is 0.394. The van der Waals surface area contributed by atoms with Crippen molar-refractivity contribution in [1.82, 2.24) is 5.32 Å². The van der Waals surface area contributed by atoms with Crippen LogP contribution in [0.5, 0.6) is 0 Å². The normalized spacial score (nSPS) is 25.8. The number of nitrogens with one attached hydrogen (secondary N) is 1. The van der Waals surface area contributed by atoms with Crippen molar-refractivity contribution in [3.63, 3.8) is 0 Å². The van der Waals surface area contributed by atoms with Gasteiger partial charge in [-0.15, -0.1) is 0 Å². The van der Waals surface area contributed by atoms with Crippen LogP contribution in [0, 0.1) is 0 Å². The SMILES string of the molecule is O=S1(=O)C=Cc2cc(C3CNCCO3)ccc21. The zero-order chi connectivity index (χ0) is 11.9. The molecule has 2 aliphatic rings. The van der Waals surface area contributed by atoms with Gasteiger partial charge in [-0.25, -0.2) is 8.42 Å². The Balaban J connectivity index is 1.97. The van der Waals surface area contributed by atoms with E-state index in [1.165, 1.54) is 5.41 Å². The Kier molecular flexibility index (Phi) is 2.54. The van der Waals surface area contributed by atoms with Crippen LogP contribution >= 0.6 is 0 Å². The van der Waals surface area contributed by atoms with Gasteiger partial charge in [-0.05, 0) is 29.3 Å². The second-order valence-corrected chi connectivity index (χ2v) is 6.01. The van der Waals surface area contributed by atoms with E-state index in [-0.39, 0.29) is 6.10 Å². The zero-order valence-corrected chi connectivity index (χ0v) is 10.0. The van der Waals surface area contributed by atoms with Gasteiger partial charge in [-0.2, -0.15) is 0 Å². The van der Waals surface area contributed by atoms with Gasteiger partial charge in [-0.1, -0.05) is 6.07 Å². The minimum absolute atomic E-state index is 0.0192. The van der Waals surface area contributed by atoms with E-state index in [1.807, 2.05) is 12.1 Å². The molecule has 0 aromatic heterocycles. The van der Waals surface area contributed by atoms with Gasteiger partial charge in [0.05, 0.1) is 17.6 Å². The topological polar surface area (TPSA) is 55.4 Å². The predicted octanol–water partition coefficient (Wildman–Crippen LogP) is 1.11. The first-order valence-electron chi connectivity index (χ1n) is 5.56. The highest BCUT2D eigenvalue weighted by Crippen LogP contribution is 2.30. The summed E-state index contributed by atoms with van der Waals surface area (Å²) in [6.07, 6.45) is 1.66. The standard InChI is InChI=1S/C12H13NO3S/c14-17(15)6-3-10-7-9(1-2-12(10)17)11-8-13-4-5-16-11/h1-3,6-7,11,13H,4-5,8H2. The van der Waals surface area contributed by atoms with Gasteiger partial charge in [0.2, 0.25) is 0 Å². The maximum Gasteiger partial charge on any atom is 0.200 e. The average Bonchev–Trinajstić information content (AvgIpc) is 2.66. The highest BCUT2D eigenvalue weighted by Gasteiger charge is 2.23. The summed E-state index contributed by atoms with van der Waals surface area (Å²) in [6.45, 7) is 2.33. The van der Waals surface area contributed by atoms with Gasteiger partial charge < -0.3 is 10.1 Å². The third-order valence-corrected chi connectivity index (χ3v) is 4.55. The molecule has 17 heavy (non-hydrogen) atoms. The number of hydrogen-bond acceptors (Lipinski definition) is 4. The molecule has 2 heterocycles. The van der Waals surface area contributed by atoms with E-state index in [9.17, 15) is 8.42 Å². The maximum absolute atomic E-state index is 11.6. The molecule has 1 aromatic rings. The van der Waals surface area contributed by atoms with E-state index in [0.717, 1.165) is 24.2 Å². The van der Waals surface area contributed by atoms with Crippen LogP contribution in [0.2, 0.25) is 0 Å². The lowest BCUT2D eigenvalue weighted by Crippen LogP contribution is -2.33. The molecule has 4 nitrogen and oxygen atoms in total. The molecular formula is C12H13NO3S. The molecule has 1 unspecified atom stereocenters. The van der Waals surface area contributed by atoms with Crippen LogP contribution in [0.3, 0.4) is 0 Å². The Bertz CT molecular complexity index is 571. The Labute approximate surface area is 100 Å². The number of benzene rings is 1. The molecule has 1 fully saturated rings. The molecular weight excluding hydrogens is 238 g/mol. The van der Waals surface area contributed by atoms with E-state index >= 15 is 0 Å². The number of fused-ring (bicyclic) bond motifs is 1. The highest BCUT2D eigenvalue weighted by molar-refractivity contribution is 7.94. The first-order valence-corrected chi connectivity index (χ1v) is 7.11. The van der Waals surface area contributed by atoms with Crippen LogP contribution < -0.4 is 5.32 Å². The number of ether oxygens (including phenoxy) is 1. The van der Waals surface area contributed by atoms with E-state index in [2.05, 4.69) is 5.32 Å². The number of morpholine rings is 1. The van der Waals surface area contributed by atoms with Crippen molar-refractivity contribution in [3.8, 4) is 0 Å². The van der Waals surface area contributed by atoms with Crippen LogP contribution in [0.4, 0.5) is 0 Å². The second kappa shape index (κ2) is 3.94. The van der Waals surface area contributed by atoms with Crippen LogP contribution in [0.15, 0.2) is 28.5 Å². The molecule has 0 aliphatic carbocycles. The Morgan fingerprint density at radius 1 is 1.35 bits per heavy atom. The predicted molar refractivity (Wildman–Crippen MR) is 64.2 cm³/mol. The van der Waals surface area contributed by atoms with Gasteiger partial charge >= 0.3 is 0 Å². The van der Waals surface area contributed by atoms with Crippen molar-refractivity contribution in [2.45, 2.75) is 11.0 Å². The van der Waals surface area contributed by atoms with Crippen molar-refractivity contribution in [1.29, 1.82) is 0 Å². The molecule has 0 radical (unpaired) electrons. The monoisotopic (exact) mass is 251 g/mol. The molecule has 0 spiro atoms. The summed E-state index contributed by atoms with van der Waals surface area (Å²) >= 11 is 0. The summed E-state index contributed by atoms with van der Waals surface area (Å²) in [5.41, 5.74) is 1.79. The fourth-order valence-corrected chi connectivity index (χ4v) is 3.36. The highest BCUT2D eigenvalue weighted by atomic mass is 32.2. The van der Waals surface area contributed by atoms with E-state index < -0.39 is 9.84 Å². The smallest absolute Gasteiger partial charge is 0.200 e. The molecule has 3 rings (SSSR count). The molecule has 1 saturated heterocycles. The Morgan fingerprint density at radius 3 is 3.00 bits per heavy atom. The molecule has 1 atom stereocenters. The summed E-state index contributed by atoms with van der Waals surface area (Å²) in [6, 6.07) is 5.40. The van der Waals surface area contributed by atoms with Crippen molar-refractivity contribution < 1.29 is 13.2 Å². The maximum atomic E-state index is 11.6. The summed E-state index contributed by atoms with van der Waals surface area (Å²) < 4.78 is 28.9. The second-order valence-electron chi connectivity index (χ2n) is 4.21. The number of hydrogen-bond donors (Lipinski definition) is 1. The van der Waals surface area contributed by atoms with Crippen LogP contribution in [0.1, 0.15) is 17.2 Å². The molecule has 0 amide bonds. The Hall–Kier alpha value is -1.17. The Morgan fingerprint density at radius 2 is 2.24 bits per heavy atom. The van der Waals surface area contributed by atoms with Gasteiger partial charge in [0, 0.05) is 18.5 Å². The third-order valence-electron chi connectivity index (χ3n) is 3.07. The van der Waals surface area contributed by atoms with Gasteiger partial charge in [0.15, 0.2) is 9.84 Å². The molecule has 0 bridgehead atoms. The zero-order valence-electron chi connectivity index (χ0n) is 9.22. The fraction of sp³-hybridized carbons (Fsp3) is 0.333. The number of sulfone groups is 1. The summed E-state index contributed by atoms with van der Waals surface area (Å²) in [5.74, 6) is 0. The molecule has 2 aliphatic heterocycles. The van der Waals surface area contributed by atoms with Crippen LogP contribution in [-0.2, 0) is 14.6 Å². The average molecular weight is 251 g/mol. The quantitative estimate of drug-likeness (QED) is 0.812. The number of rotatable bonds is 1. The van der Waals surface area contributed by atoms with E-state index in [4.69, 9.17) is 4.74 Å². The molecule has 1 N–H and O–H groups in total. The van der Waals surface area contributed by atoms with Gasteiger partial charge in [0.25, 0.3) is 0 Å². The molecule has 1 aromatic carbocycles. The van der Waals surface area contributed by atoms with Crippen molar-refractivity contribution in [3.05, 3.63) is 34.7 Å². The van der Waals surface area contributed by atoms with Gasteiger partial charge in [-0.3, -0.25) is 0 Å². The molecule has 5 heteroatoms. The molecule has 0 saturated carbocycles. The largest absolute Gasteiger partial charge is 0.371 e. The van der Waals surface area contributed by atoms with Crippen LogP contribution in [-0.4, -0.2) is 28.1 Å². The minimum Gasteiger partial charge on any atom is -0.371 e. The molecule has 90 valence electrons. The van der Waals surface area contributed by atoms with E-state index in [0.29, 0.717) is 11.5 Å². The van der Waals surface area contributed by atoms with Gasteiger partial charge in [0.1, 0.15) is 0 Å².